The highest BCUT2D eigenvalue weighted by atomic mass is 16.5. The molecule has 2 atom stereocenters. The van der Waals surface area contributed by atoms with Crippen LogP contribution >= 0.6 is 0 Å². The molecule has 3 nitrogen and oxygen atoms in total. The molecule has 0 amide bonds. The first-order valence-corrected chi connectivity index (χ1v) is 7.52. The second-order valence-corrected chi connectivity index (χ2v) is 7.15. The van der Waals surface area contributed by atoms with Gasteiger partial charge in [-0.15, -0.1) is 0 Å². The van der Waals surface area contributed by atoms with Crippen LogP contribution in [0.2, 0.25) is 0 Å². The third-order valence-electron chi connectivity index (χ3n) is 4.54. The van der Waals surface area contributed by atoms with Crippen LogP contribution in [-0.2, 0) is 4.74 Å². The minimum atomic E-state index is -0.334. The first kappa shape index (κ1) is 17.5. The fourth-order valence-electron chi connectivity index (χ4n) is 2.54. The van der Waals surface area contributed by atoms with E-state index in [0.29, 0.717) is 18.0 Å². The maximum atomic E-state index is 9.14. The summed E-state index contributed by atoms with van der Waals surface area (Å²) in [7, 11) is 0. The molecule has 2 N–H and O–H groups in total. The highest BCUT2D eigenvalue weighted by Crippen LogP contribution is 2.43. The van der Waals surface area contributed by atoms with E-state index in [2.05, 4.69) is 47.6 Å². The Kier molecular flexibility index (Phi) is 5.42. The van der Waals surface area contributed by atoms with Crippen molar-refractivity contribution in [1.29, 1.82) is 5.26 Å². The summed E-state index contributed by atoms with van der Waals surface area (Å²) in [5.41, 5.74) is 7.16. The molecule has 0 spiro atoms. The Balaban J connectivity index is 3.15. The predicted molar refractivity (Wildman–Crippen MR) is 87.6 cm³/mol. The molecule has 0 saturated heterocycles. The predicted octanol–water partition coefficient (Wildman–Crippen LogP) is 4.70. The average molecular weight is 288 g/mol. The molecule has 1 aromatic rings. The van der Waals surface area contributed by atoms with E-state index in [-0.39, 0.29) is 17.1 Å². The average Bonchev–Trinajstić information content (AvgIpc) is 2.36. The van der Waals surface area contributed by atoms with Gasteiger partial charge in [0.2, 0.25) is 0 Å². The summed E-state index contributed by atoms with van der Waals surface area (Å²) < 4.78 is 6.47. The van der Waals surface area contributed by atoms with E-state index in [1.165, 1.54) is 0 Å². The van der Waals surface area contributed by atoms with Crippen LogP contribution in [0.4, 0.5) is 5.69 Å². The van der Waals surface area contributed by atoms with Gasteiger partial charge in [-0.2, -0.15) is 5.26 Å². The normalized spacial score (nSPS) is 16.3. The zero-order valence-electron chi connectivity index (χ0n) is 14.1. The molecule has 21 heavy (non-hydrogen) atoms. The summed E-state index contributed by atoms with van der Waals surface area (Å²) in [6.45, 7) is 13.0. The van der Waals surface area contributed by atoms with Crippen molar-refractivity contribution < 1.29 is 4.74 Å². The van der Waals surface area contributed by atoms with Crippen molar-refractivity contribution in [1.82, 2.24) is 0 Å². The second kappa shape index (κ2) is 6.49. The molecule has 116 valence electrons. The second-order valence-electron chi connectivity index (χ2n) is 7.15. The number of nitrogens with two attached hydrogens (primary N) is 1. The molecule has 2 unspecified atom stereocenters. The Labute approximate surface area is 129 Å². The van der Waals surface area contributed by atoms with Crippen LogP contribution in [0, 0.1) is 22.7 Å². The lowest BCUT2D eigenvalue weighted by atomic mass is 9.71. The topological polar surface area (TPSA) is 59.0 Å². The van der Waals surface area contributed by atoms with Crippen molar-refractivity contribution in [2.24, 2.45) is 11.3 Å². The van der Waals surface area contributed by atoms with Crippen molar-refractivity contribution in [2.45, 2.75) is 59.7 Å². The van der Waals surface area contributed by atoms with Crippen molar-refractivity contribution in [2.75, 3.05) is 5.73 Å². The van der Waals surface area contributed by atoms with Gasteiger partial charge in [-0.3, -0.25) is 0 Å². The molecule has 0 aliphatic rings. The van der Waals surface area contributed by atoms with Crippen LogP contribution in [0.5, 0.6) is 0 Å². The first-order chi connectivity index (χ1) is 9.61. The van der Waals surface area contributed by atoms with Crippen LogP contribution in [-0.4, -0.2) is 5.60 Å². The fourth-order valence-corrected chi connectivity index (χ4v) is 2.54. The molecule has 1 rings (SSSR count). The fraction of sp³-hybridized carbons (Fsp3) is 0.611. The zero-order chi connectivity index (χ0) is 16.3. The molecular weight excluding hydrogens is 260 g/mol. The number of ether oxygens (including phenoxy) is 1. The Morgan fingerprint density at radius 2 is 1.86 bits per heavy atom. The zero-order valence-corrected chi connectivity index (χ0v) is 14.1. The van der Waals surface area contributed by atoms with Gasteiger partial charge in [-0.1, -0.05) is 46.8 Å². The monoisotopic (exact) mass is 288 g/mol. The van der Waals surface area contributed by atoms with Gasteiger partial charge in [0.25, 0.3) is 0 Å². The van der Waals surface area contributed by atoms with Crippen LogP contribution in [0.1, 0.15) is 59.6 Å². The summed E-state index contributed by atoms with van der Waals surface area (Å²) in [5, 5.41) is 9.14. The molecule has 0 aliphatic carbocycles. The number of hydrogen-bond acceptors (Lipinski definition) is 3. The quantitative estimate of drug-likeness (QED) is 0.799. The lowest BCUT2D eigenvalue weighted by Crippen LogP contribution is -2.48. The van der Waals surface area contributed by atoms with Crippen molar-refractivity contribution >= 4 is 5.69 Å². The molecule has 0 saturated carbocycles. The number of nitriles is 1. The van der Waals surface area contributed by atoms with E-state index in [4.69, 9.17) is 15.7 Å². The number of hydrogen-bond donors (Lipinski definition) is 1. The maximum Gasteiger partial charge on any atom is 0.0963 e. The Morgan fingerprint density at radius 3 is 2.29 bits per heavy atom. The van der Waals surface area contributed by atoms with Gasteiger partial charge in [0.05, 0.1) is 24.2 Å². The molecule has 0 aliphatic heterocycles. The molecule has 0 aromatic heterocycles. The Morgan fingerprint density at radius 1 is 1.24 bits per heavy atom. The minimum Gasteiger partial charge on any atom is -0.399 e. The highest BCUT2D eigenvalue weighted by molar-refractivity contribution is 5.41. The van der Waals surface area contributed by atoms with E-state index in [1.807, 2.05) is 24.3 Å². The Bertz CT molecular complexity index is 511. The largest absolute Gasteiger partial charge is 0.399 e. The van der Waals surface area contributed by atoms with E-state index in [9.17, 15) is 0 Å². The molecule has 1 aromatic carbocycles. The lowest BCUT2D eigenvalue weighted by Gasteiger charge is -2.47. The molecule has 0 heterocycles. The van der Waals surface area contributed by atoms with Gasteiger partial charge < -0.3 is 10.5 Å². The van der Waals surface area contributed by atoms with E-state index in [0.717, 1.165) is 5.56 Å². The smallest absolute Gasteiger partial charge is 0.0963 e. The Hall–Kier alpha value is -1.53. The minimum absolute atomic E-state index is 0.0325. The molecule has 0 radical (unpaired) electrons. The maximum absolute atomic E-state index is 9.14. The van der Waals surface area contributed by atoms with Gasteiger partial charge in [0.1, 0.15) is 0 Å². The van der Waals surface area contributed by atoms with E-state index >= 15 is 0 Å². The number of nitrogens with zero attached hydrogens (tertiary/aromatic N) is 1. The molecule has 0 fully saturated rings. The third kappa shape index (κ3) is 3.98. The molecular formula is C18H28N2O. The van der Waals surface area contributed by atoms with Crippen molar-refractivity contribution in [3.8, 4) is 6.07 Å². The van der Waals surface area contributed by atoms with Gasteiger partial charge >= 0.3 is 0 Å². The van der Waals surface area contributed by atoms with Crippen LogP contribution in [0.15, 0.2) is 24.3 Å². The van der Waals surface area contributed by atoms with Crippen LogP contribution in [0.25, 0.3) is 0 Å². The first-order valence-electron chi connectivity index (χ1n) is 7.52. The lowest BCUT2D eigenvalue weighted by molar-refractivity contribution is -0.168. The number of benzene rings is 1. The van der Waals surface area contributed by atoms with Gasteiger partial charge in [0, 0.05) is 5.69 Å². The van der Waals surface area contributed by atoms with Gasteiger partial charge in [0.15, 0.2) is 0 Å². The molecule has 3 heteroatoms. The summed E-state index contributed by atoms with van der Waals surface area (Å²) >= 11 is 0. The van der Waals surface area contributed by atoms with E-state index < -0.39 is 0 Å². The standard InChI is InChI=1S/C18H28N2O/c1-13(2)18(6,17(3,4)5)21-16(10-11-19)14-8-7-9-15(20)12-14/h7-9,12-13,16H,10,20H2,1-6H3. The van der Waals surface area contributed by atoms with Crippen molar-refractivity contribution in [3.63, 3.8) is 0 Å². The summed E-state index contributed by atoms with van der Waals surface area (Å²) in [6.07, 6.45) is 0.0621. The summed E-state index contributed by atoms with van der Waals surface area (Å²) in [5.74, 6) is 0.333. The third-order valence-corrected chi connectivity index (χ3v) is 4.54. The number of rotatable bonds is 5. The van der Waals surface area contributed by atoms with Crippen LogP contribution in [0.3, 0.4) is 0 Å². The number of anilines is 1. The van der Waals surface area contributed by atoms with E-state index in [1.54, 1.807) is 0 Å². The van der Waals surface area contributed by atoms with Gasteiger partial charge in [-0.05, 0) is 36.0 Å². The van der Waals surface area contributed by atoms with Gasteiger partial charge in [-0.25, -0.2) is 0 Å². The summed E-state index contributed by atoms with van der Waals surface area (Å²) in [6, 6.07) is 9.85. The number of nitrogen functional groups attached to an aromatic ring is 1. The van der Waals surface area contributed by atoms with Crippen LogP contribution < -0.4 is 5.73 Å². The van der Waals surface area contributed by atoms with Crippen molar-refractivity contribution in [3.05, 3.63) is 29.8 Å². The summed E-state index contributed by atoms with van der Waals surface area (Å²) in [4.78, 5) is 0. The molecule has 0 bridgehead atoms. The SMILES string of the molecule is CC(C)C(C)(OC(CC#N)c1cccc(N)c1)C(C)(C)C. The highest BCUT2D eigenvalue weighted by Gasteiger charge is 2.43.